The van der Waals surface area contributed by atoms with Gasteiger partial charge in [-0.2, -0.15) is 0 Å². The summed E-state index contributed by atoms with van der Waals surface area (Å²) in [4.78, 5) is 12.6. The number of fused-ring (bicyclic) bond motifs is 1. The van der Waals surface area contributed by atoms with Gasteiger partial charge in [0.15, 0.2) is 0 Å². The largest absolute Gasteiger partial charge is 0.377 e. The molecule has 2 aliphatic heterocycles. The van der Waals surface area contributed by atoms with Crippen molar-refractivity contribution in [3.05, 3.63) is 0 Å². The molecule has 2 saturated heterocycles. The summed E-state index contributed by atoms with van der Waals surface area (Å²) in [5.41, 5.74) is 5.41. The number of carbonyl (C=O) groups excluding carboxylic acids is 1. The molecule has 5 nitrogen and oxygen atoms in total. The van der Waals surface area contributed by atoms with Crippen molar-refractivity contribution in [2.24, 2.45) is 17.1 Å². The van der Waals surface area contributed by atoms with Gasteiger partial charge in [-0.3, -0.25) is 4.79 Å². The molecule has 3 rings (SSSR count). The Hall–Kier alpha value is -0.650. The molecule has 1 amide bonds. The molecule has 0 aromatic heterocycles. The van der Waals surface area contributed by atoms with E-state index >= 15 is 0 Å². The standard InChI is InChI=1S/C15H26N2O3/c1-14(2)12-11(6-4-8-20-12)15(14,16)13(18)17-9-10-5-3-7-19-10/h10-12H,3-9,16H2,1-2H3,(H,17,18). The van der Waals surface area contributed by atoms with Crippen LogP contribution in [0.2, 0.25) is 0 Å². The van der Waals surface area contributed by atoms with Crippen molar-refractivity contribution in [1.29, 1.82) is 0 Å². The van der Waals surface area contributed by atoms with Crippen LogP contribution in [0.4, 0.5) is 0 Å². The summed E-state index contributed by atoms with van der Waals surface area (Å²) in [5.74, 6) is 0.112. The highest BCUT2D eigenvalue weighted by Crippen LogP contribution is 2.57. The van der Waals surface area contributed by atoms with E-state index in [1.54, 1.807) is 0 Å². The van der Waals surface area contributed by atoms with Crippen LogP contribution < -0.4 is 11.1 Å². The number of hydrogen-bond acceptors (Lipinski definition) is 4. The van der Waals surface area contributed by atoms with Crippen LogP contribution in [-0.4, -0.2) is 43.4 Å². The van der Waals surface area contributed by atoms with Crippen LogP contribution in [-0.2, 0) is 14.3 Å². The van der Waals surface area contributed by atoms with Gasteiger partial charge in [0.1, 0.15) is 5.54 Å². The lowest BCUT2D eigenvalue weighted by atomic mass is 9.46. The molecule has 5 heteroatoms. The van der Waals surface area contributed by atoms with Crippen molar-refractivity contribution >= 4 is 5.91 Å². The molecule has 4 unspecified atom stereocenters. The highest BCUT2D eigenvalue weighted by atomic mass is 16.5. The van der Waals surface area contributed by atoms with Crippen LogP contribution in [0.15, 0.2) is 0 Å². The molecule has 0 radical (unpaired) electrons. The van der Waals surface area contributed by atoms with E-state index < -0.39 is 5.54 Å². The Balaban J connectivity index is 1.65. The normalized spacial score (nSPS) is 42.6. The molecule has 3 fully saturated rings. The van der Waals surface area contributed by atoms with Crippen LogP contribution >= 0.6 is 0 Å². The van der Waals surface area contributed by atoms with Crippen molar-refractivity contribution < 1.29 is 14.3 Å². The molecule has 3 aliphatic rings. The van der Waals surface area contributed by atoms with Crippen molar-refractivity contribution in [2.75, 3.05) is 19.8 Å². The zero-order valence-corrected chi connectivity index (χ0v) is 12.5. The quantitative estimate of drug-likeness (QED) is 0.803. The molecule has 0 bridgehead atoms. The molecule has 0 aromatic rings. The van der Waals surface area contributed by atoms with Gasteiger partial charge in [-0.15, -0.1) is 0 Å². The molecule has 3 N–H and O–H groups in total. The lowest BCUT2D eigenvalue weighted by Crippen LogP contribution is -2.82. The van der Waals surface area contributed by atoms with E-state index in [-0.39, 0.29) is 29.4 Å². The summed E-state index contributed by atoms with van der Waals surface area (Å²) < 4.78 is 11.4. The monoisotopic (exact) mass is 282 g/mol. The first-order chi connectivity index (χ1) is 9.48. The topological polar surface area (TPSA) is 73.6 Å². The SMILES string of the molecule is CC1(C)C2OCCCC2C1(N)C(=O)NCC1CCCO1. The summed E-state index contributed by atoms with van der Waals surface area (Å²) in [6.45, 7) is 6.26. The van der Waals surface area contributed by atoms with Crippen LogP contribution in [0.25, 0.3) is 0 Å². The van der Waals surface area contributed by atoms with Gasteiger partial charge in [0.05, 0.1) is 12.2 Å². The Morgan fingerprint density at radius 3 is 2.65 bits per heavy atom. The van der Waals surface area contributed by atoms with E-state index in [1.807, 2.05) is 13.8 Å². The third-order valence-electron chi connectivity index (χ3n) is 5.57. The number of carbonyl (C=O) groups is 1. The Bertz CT molecular complexity index is 393. The minimum Gasteiger partial charge on any atom is -0.377 e. The predicted octanol–water partition coefficient (Wildman–Crippen LogP) is 0.814. The summed E-state index contributed by atoms with van der Waals surface area (Å²) in [5, 5.41) is 3.01. The average molecular weight is 282 g/mol. The maximum Gasteiger partial charge on any atom is 0.241 e. The van der Waals surface area contributed by atoms with Gasteiger partial charge in [-0.1, -0.05) is 13.8 Å². The number of nitrogens with one attached hydrogen (secondary N) is 1. The molecule has 4 atom stereocenters. The maximum atomic E-state index is 12.6. The Morgan fingerprint density at radius 1 is 1.25 bits per heavy atom. The fourth-order valence-electron chi connectivity index (χ4n) is 4.19. The number of rotatable bonds is 3. The first-order valence-electron chi connectivity index (χ1n) is 7.78. The van der Waals surface area contributed by atoms with E-state index in [2.05, 4.69) is 5.32 Å². The van der Waals surface area contributed by atoms with E-state index in [4.69, 9.17) is 15.2 Å². The zero-order chi connectivity index (χ0) is 14.4. The van der Waals surface area contributed by atoms with Gasteiger partial charge < -0.3 is 20.5 Å². The van der Waals surface area contributed by atoms with Crippen LogP contribution in [0.3, 0.4) is 0 Å². The Kier molecular flexibility index (Phi) is 3.55. The van der Waals surface area contributed by atoms with Gasteiger partial charge in [-0.05, 0) is 25.7 Å². The maximum absolute atomic E-state index is 12.6. The van der Waals surface area contributed by atoms with Gasteiger partial charge >= 0.3 is 0 Å². The fraction of sp³-hybridized carbons (Fsp3) is 0.933. The molecule has 0 aromatic carbocycles. The first kappa shape index (κ1) is 14.3. The lowest BCUT2D eigenvalue weighted by molar-refractivity contribution is -0.225. The summed E-state index contributed by atoms with van der Waals surface area (Å²) >= 11 is 0. The van der Waals surface area contributed by atoms with Crippen molar-refractivity contribution in [2.45, 2.75) is 57.3 Å². The average Bonchev–Trinajstić information content (AvgIpc) is 2.97. The second-order valence-corrected chi connectivity index (χ2v) is 6.98. The molecule has 20 heavy (non-hydrogen) atoms. The first-order valence-corrected chi connectivity index (χ1v) is 7.78. The zero-order valence-electron chi connectivity index (χ0n) is 12.5. The summed E-state index contributed by atoms with van der Waals surface area (Å²) in [6.07, 6.45) is 4.36. The molecule has 1 aliphatic carbocycles. The van der Waals surface area contributed by atoms with E-state index in [1.165, 1.54) is 0 Å². The van der Waals surface area contributed by atoms with Gasteiger partial charge in [0, 0.05) is 31.1 Å². The smallest absolute Gasteiger partial charge is 0.241 e. The van der Waals surface area contributed by atoms with Crippen molar-refractivity contribution in [3.8, 4) is 0 Å². The summed E-state index contributed by atoms with van der Waals surface area (Å²) in [6, 6.07) is 0. The number of amides is 1. The molecule has 0 spiro atoms. The van der Waals surface area contributed by atoms with Crippen molar-refractivity contribution in [1.82, 2.24) is 5.32 Å². The Morgan fingerprint density at radius 2 is 1.95 bits per heavy atom. The number of ether oxygens (including phenoxy) is 2. The third kappa shape index (κ3) is 1.90. The second-order valence-electron chi connectivity index (χ2n) is 6.98. The summed E-state index contributed by atoms with van der Waals surface area (Å²) in [7, 11) is 0. The fourth-order valence-corrected chi connectivity index (χ4v) is 4.19. The molecule has 2 heterocycles. The van der Waals surface area contributed by atoms with Crippen LogP contribution in [0.5, 0.6) is 0 Å². The number of hydrogen-bond donors (Lipinski definition) is 2. The molecular formula is C15H26N2O3. The molecule has 1 saturated carbocycles. The second kappa shape index (κ2) is 4.97. The highest BCUT2D eigenvalue weighted by Gasteiger charge is 2.70. The minimum absolute atomic E-state index is 0.0373. The van der Waals surface area contributed by atoms with Crippen LogP contribution in [0.1, 0.15) is 39.5 Å². The molecule has 114 valence electrons. The minimum atomic E-state index is -0.809. The van der Waals surface area contributed by atoms with E-state index in [0.29, 0.717) is 6.54 Å². The van der Waals surface area contributed by atoms with Crippen molar-refractivity contribution in [3.63, 3.8) is 0 Å². The van der Waals surface area contributed by atoms with Gasteiger partial charge in [-0.25, -0.2) is 0 Å². The van der Waals surface area contributed by atoms with E-state index in [0.717, 1.165) is 38.9 Å². The number of nitrogens with two attached hydrogens (primary N) is 1. The third-order valence-corrected chi connectivity index (χ3v) is 5.57. The van der Waals surface area contributed by atoms with Gasteiger partial charge in [0.25, 0.3) is 0 Å². The lowest BCUT2D eigenvalue weighted by Gasteiger charge is -2.65. The van der Waals surface area contributed by atoms with Gasteiger partial charge in [0.2, 0.25) is 5.91 Å². The predicted molar refractivity (Wildman–Crippen MR) is 75.1 cm³/mol. The highest BCUT2D eigenvalue weighted by molar-refractivity contribution is 5.89. The Labute approximate surface area is 120 Å². The van der Waals surface area contributed by atoms with Crippen LogP contribution in [0, 0.1) is 11.3 Å². The van der Waals surface area contributed by atoms with E-state index in [9.17, 15) is 4.79 Å². The molecular weight excluding hydrogens is 256 g/mol.